The average molecular weight is 372 g/mol. The summed E-state index contributed by atoms with van der Waals surface area (Å²) in [7, 11) is 2.01. The van der Waals surface area contributed by atoms with Crippen LogP contribution in [0, 0.1) is 0 Å². The molecule has 0 fully saturated rings. The fourth-order valence-corrected chi connectivity index (χ4v) is 3.39. The van der Waals surface area contributed by atoms with Crippen LogP contribution in [-0.4, -0.2) is 14.7 Å². The number of phenols is 1. The first-order chi connectivity index (χ1) is 13.3. The van der Waals surface area contributed by atoms with E-state index >= 15 is 0 Å². The van der Waals surface area contributed by atoms with Crippen LogP contribution in [0.15, 0.2) is 66.7 Å². The van der Waals surface area contributed by atoms with Crippen LogP contribution in [0.4, 0.5) is 0 Å². The van der Waals surface area contributed by atoms with Gasteiger partial charge in [-0.05, 0) is 35.7 Å². The Labute approximate surface area is 165 Å². The highest BCUT2D eigenvalue weighted by Crippen LogP contribution is 2.35. The first kappa shape index (κ1) is 18.1. The van der Waals surface area contributed by atoms with Crippen molar-refractivity contribution in [3.63, 3.8) is 0 Å². The summed E-state index contributed by atoms with van der Waals surface area (Å²) >= 11 is 0. The van der Waals surface area contributed by atoms with E-state index in [9.17, 15) is 5.11 Å². The van der Waals surface area contributed by atoms with Crippen LogP contribution >= 0.6 is 0 Å². The number of hydrogen-bond acceptors (Lipinski definition) is 3. The van der Waals surface area contributed by atoms with E-state index in [0.717, 1.165) is 33.7 Å². The Kier molecular flexibility index (Phi) is 4.34. The molecule has 1 aromatic heterocycles. The number of benzene rings is 3. The van der Waals surface area contributed by atoms with Crippen LogP contribution in [0.3, 0.4) is 0 Å². The van der Waals surface area contributed by atoms with Gasteiger partial charge < -0.3 is 14.4 Å². The lowest BCUT2D eigenvalue weighted by Gasteiger charge is -2.21. The van der Waals surface area contributed by atoms with Crippen molar-refractivity contribution in [2.45, 2.75) is 26.2 Å². The molecule has 142 valence electrons. The van der Waals surface area contributed by atoms with Gasteiger partial charge in [0.2, 0.25) is 0 Å². The van der Waals surface area contributed by atoms with E-state index in [4.69, 9.17) is 9.72 Å². The Morgan fingerprint density at radius 1 is 0.893 bits per heavy atom. The van der Waals surface area contributed by atoms with Gasteiger partial charge in [-0.3, -0.25) is 0 Å². The lowest BCUT2D eigenvalue weighted by Crippen LogP contribution is -2.11. The number of aromatic hydroxyl groups is 1. The van der Waals surface area contributed by atoms with Crippen LogP contribution in [-0.2, 0) is 12.5 Å². The number of aromatic nitrogens is 2. The molecular weight excluding hydrogens is 348 g/mol. The van der Waals surface area contributed by atoms with Gasteiger partial charge in [-0.15, -0.1) is 0 Å². The number of fused-ring (bicyclic) bond motifs is 1. The molecule has 4 rings (SSSR count). The molecule has 0 radical (unpaired) electrons. The van der Waals surface area contributed by atoms with Crippen molar-refractivity contribution >= 4 is 11.0 Å². The smallest absolute Gasteiger partial charge is 0.140 e. The minimum Gasteiger partial charge on any atom is -0.508 e. The summed E-state index contributed by atoms with van der Waals surface area (Å²) in [4.78, 5) is 4.76. The van der Waals surface area contributed by atoms with E-state index in [1.807, 2.05) is 49.5 Å². The summed E-state index contributed by atoms with van der Waals surface area (Å²) in [5.41, 5.74) is 3.70. The summed E-state index contributed by atoms with van der Waals surface area (Å²) in [6.07, 6.45) is 0. The molecule has 0 saturated carbocycles. The van der Waals surface area contributed by atoms with Crippen molar-refractivity contribution < 1.29 is 9.84 Å². The number of aryl methyl sites for hydroxylation is 1. The largest absolute Gasteiger partial charge is 0.508 e. The van der Waals surface area contributed by atoms with Crippen LogP contribution < -0.4 is 4.74 Å². The maximum absolute atomic E-state index is 10.2. The van der Waals surface area contributed by atoms with Gasteiger partial charge in [-0.2, -0.15) is 0 Å². The van der Waals surface area contributed by atoms with Crippen molar-refractivity contribution in [3.05, 3.63) is 72.3 Å². The van der Waals surface area contributed by atoms with Crippen molar-refractivity contribution in [1.29, 1.82) is 0 Å². The first-order valence-electron chi connectivity index (χ1n) is 9.36. The molecule has 0 atom stereocenters. The molecule has 0 aliphatic rings. The molecule has 28 heavy (non-hydrogen) atoms. The van der Waals surface area contributed by atoms with E-state index in [0.29, 0.717) is 5.75 Å². The molecule has 0 saturated heterocycles. The highest BCUT2D eigenvalue weighted by atomic mass is 16.5. The van der Waals surface area contributed by atoms with Gasteiger partial charge in [0.15, 0.2) is 0 Å². The second-order valence-corrected chi connectivity index (χ2v) is 8.04. The Hall–Kier alpha value is -3.27. The summed E-state index contributed by atoms with van der Waals surface area (Å²) in [5, 5.41) is 10.2. The monoisotopic (exact) mass is 372 g/mol. The molecule has 0 unspecified atom stereocenters. The van der Waals surface area contributed by atoms with Gasteiger partial charge >= 0.3 is 0 Å². The SMILES string of the molecule is Cn1c(-c2ccccc2)nc2ccc(Oc3ccc(O)c(C(C)(C)C)c3)cc21. The minimum absolute atomic E-state index is 0.167. The number of phenolic OH excluding ortho intramolecular Hbond substituents is 1. The number of rotatable bonds is 3. The van der Waals surface area contributed by atoms with Gasteiger partial charge in [0.1, 0.15) is 23.1 Å². The van der Waals surface area contributed by atoms with Gasteiger partial charge in [-0.1, -0.05) is 51.1 Å². The summed E-state index contributed by atoms with van der Waals surface area (Å²) < 4.78 is 8.17. The molecule has 0 amide bonds. The zero-order chi connectivity index (χ0) is 19.9. The molecule has 1 heterocycles. The lowest BCUT2D eigenvalue weighted by molar-refractivity contribution is 0.438. The van der Waals surface area contributed by atoms with Gasteiger partial charge in [0.25, 0.3) is 0 Å². The van der Waals surface area contributed by atoms with E-state index in [-0.39, 0.29) is 11.2 Å². The molecule has 1 N–H and O–H groups in total. The van der Waals surface area contributed by atoms with Gasteiger partial charge in [0.05, 0.1) is 11.0 Å². The van der Waals surface area contributed by atoms with Crippen molar-refractivity contribution in [2.24, 2.45) is 7.05 Å². The number of nitrogens with zero attached hydrogens (tertiary/aromatic N) is 2. The Morgan fingerprint density at radius 3 is 2.29 bits per heavy atom. The fraction of sp³-hybridized carbons (Fsp3) is 0.208. The Bertz CT molecular complexity index is 1140. The molecule has 4 heteroatoms. The number of hydrogen-bond donors (Lipinski definition) is 1. The van der Waals surface area contributed by atoms with Crippen LogP contribution in [0.25, 0.3) is 22.4 Å². The van der Waals surface area contributed by atoms with E-state index < -0.39 is 0 Å². The second-order valence-electron chi connectivity index (χ2n) is 8.04. The topological polar surface area (TPSA) is 47.3 Å². The van der Waals surface area contributed by atoms with E-state index in [2.05, 4.69) is 37.5 Å². The van der Waals surface area contributed by atoms with Crippen LogP contribution in [0.5, 0.6) is 17.2 Å². The maximum atomic E-state index is 10.2. The number of imidazole rings is 1. The summed E-state index contributed by atoms with van der Waals surface area (Å²) in [6, 6.07) is 21.4. The van der Waals surface area contributed by atoms with Crippen LogP contribution in [0.2, 0.25) is 0 Å². The molecule has 4 aromatic rings. The third-order valence-electron chi connectivity index (χ3n) is 4.90. The summed E-state index contributed by atoms with van der Waals surface area (Å²) in [6.45, 7) is 6.20. The molecule has 4 nitrogen and oxygen atoms in total. The quantitative estimate of drug-likeness (QED) is 0.477. The molecule has 0 aliphatic heterocycles. The zero-order valence-electron chi connectivity index (χ0n) is 16.6. The number of ether oxygens (including phenoxy) is 1. The Balaban J connectivity index is 1.70. The maximum Gasteiger partial charge on any atom is 0.140 e. The van der Waals surface area contributed by atoms with Crippen molar-refractivity contribution in [2.75, 3.05) is 0 Å². The predicted molar refractivity (Wildman–Crippen MR) is 113 cm³/mol. The van der Waals surface area contributed by atoms with Gasteiger partial charge in [-0.25, -0.2) is 4.98 Å². The van der Waals surface area contributed by atoms with E-state index in [1.165, 1.54) is 0 Å². The normalized spacial score (nSPS) is 11.7. The lowest BCUT2D eigenvalue weighted by atomic mass is 9.86. The molecule has 0 spiro atoms. The first-order valence-corrected chi connectivity index (χ1v) is 9.36. The highest BCUT2D eigenvalue weighted by molar-refractivity contribution is 5.82. The minimum atomic E-state index is -0.167. The molecule has 0 aliphatic carbocycles. The van der Waals surface area contributed by atoms with Crippen LogP contribution in [0.1, 0.15) is 26.3 Å². The predicted octanol–water partition coefficient (Wildman–Crippen LogP) is 6.04. The Morgan fingerprint density at radius 2 is 1.57 bits per heavy atom. The van der Waals surface area contributed by atoms with Gasteiger partial charge in [0, 0.05) is 24.2 Å². The fourth-order valence-electron chi connectivity index (χ4n) is 3.39. The molecule has 0 bridgehead atoms. The zero-order valence-corrected chi connectivity index (χ0v) is 16.6. The standard InChI is InChI=1S/C24H24N2O2/c1-24(2,3)19-14-17(11-13-22(19)27)28-18-10-12-20-21(15-18)26(4)23(25-20)16-8-6-5-7-9-16/h5-15,27H,1-4H3. The second kappa shape index (κ2) is 6.71. The molecule has 3 aromatic carbocycles. The average Bonchev–Trinajstić information content (AvgIpc) is 2.99. The molecular formula is C24H24N2O2. The van der Waals surface area contributed by atoms with E-state index in [1.54, 1.807) is 12.1 Å². The third-order valence-corrected chi connectivity index (χ3v) is 4.90. The highest BCUT2D eigenvalue weighted by Gasteiger charge is 2.19. The third kappa shape index (κ3) is 3.33. The van der Waals surface area contributed by atoms with Crippen molar-refractivity contribution in [3.8, 4) is 28.6 Å². The summed E-state index contributed by atoms with van der Waals surface area (Å²) in [5.74, 6) is 2.65. The van der Waals surface area contributed by atoms with Crippen molar-refractivity contribution in [1.82, 2.24) is 9.55 Å².